The summed E-state index contributed by atoms with van der Waals surface area (Å²) in [6.45, 7) is 4.07. The Bertz CT molecular complexity index is 1570. The lowest BCUT2D eigenvalue weighted by atomic mass is 9.87. The lowest BCUT2D eigenvalue weighted by Gasteiger charge is -2.33. The third-order valence-electron chi connectivity index (χ3n) is 6.94. The lowest BCUT2D eigenvalue weighted by molar-refractivity contribution is -0.119. The topological polar surface area (TPSA) is 89.0 Å². The minimum Gasteiger partial charge on any atom is -0.457 e. The first-order valence-electron chi connectivity index (χ1n) is 12.5. The predicted octanol–water partition coefficient (Wildman–Crippen LogP) is 4.30. The van der Waals surface area contributed by atoms with Crippen LogP contribution in [-0.2, 0) is 19.4 Å². The molecule has 1 fully saturated rings. The maximum Gasteiger partial charge on any atom is 0.241 e. The standard InChI is InChI=1S/C28H27N3O5S2/c1-38(33,34)19-10-11-22-25(18-19)37-28(29-22)31(13-12-30-14-16-35-17-15-30)27(32)26-20-6-2-4-8-23(20)36-24-9-5-3-7-21(24)26/h2-11,18,26H,12-17H2,1H3. The van der Waals surface area contributed by atoms with Crippen molar-refractivity contribution in [3.05, 3.63) is 77.9 Å². The van der Waals surface area contributed by atoms with Crippen LogP contribution in [0.5, 0.6) is 11.5 Å². The summed E-state index contributed by atoms with van der Waals surface area (Å²) in [7, 11) is -3.36. The third-order valence-corrected chi connectivity index (χ3v) is 9.10. The van der Waals surface area contributed by atoms with Crippen LogP contribution in [-0.4, -0.2) is 69.9 Å². The van der Waals surface area contributed by atoms with Crippen molar-refractivity contribution < 1.29 is 22.7 Å². The zero-order chi connectivity index (χ0) is 26.3. The maximum atomic E-state index is 14.5. The molecule has 2 aliphatic heterocycles. The van der Waals surface area contributed by atoms with E-state index >= 15 is 0 Å². The molecule has 1 saturated heterocycles. The number of para-hydroxylation sites is 2. The van der Waals surface area contributed by atoms with E-state index < -0.39 is 15.8 Å². The first kappa shape index (κ1) is 25.0. The summed E-state index contributed by atoms with van der Waals surface area (Å²) in [6, 6.07) is 20.2. The number of carbonyl (C=O) groups excluding carboxylic acids is 1. The van der Waals surface area contributed by atoms with E-state index in [4.69, 9.17) is 14.5 Å². The van der Waals surface area contributed by atoms with Crippen molar-refractivity contribution in [2.24, 2.45) is 0 Å². The van der Waals surface area contributed by atoms with E-state index in [1.807, 2.05) is 48.5 Å². The van der Waals surface area contributed by atoms with Crippen LogP contribution in [0.15, 0.2) is 71.6 Å². The summed E-state index contributed by atoms with van der Waals surface area (Å²) in [6.07, 6.45) is 1.19. The normalized spacial score (nSPS) is 16.0. The predicted molar refractivity (Wildman–Crippen MR) is 147 cm³/mol. The average Bonchev–Trinajstić information content (AvgIpc) is 3.35. The molecule has 0 atom stereocenters. The van der Waals surface area contributed by atoms with E-state index in [0.29, 0.717) is 48.5 Å². The first-order valence-corrected chi connectivity index (χ1v) is 15.2. The number of morpholine rings is 1. The SMILES string of the molecule is CS(=O)(=O)c1ccc2nc(N(CCN3CCOCC3)C(=O)C3c4ccccc4Oc4ccccc43)sc2c1. The second-order valence-electron chi connectivity index (χ2n) is 9.45. The fourth-order valence-electron chi connectivity index (χ4n) is 4.94. The van der Waals surface area contributed by atoms with E-state index in [1.54, 1.807) is 23.1 Å². The third kappa shape index (κ3) is 4.80. The second-order valence-corrected chi connectivity index (χ2v) is 12.5. The van der Waals surface area contributed by atoms with Gasteiger partial charge in [0.1, 0.15) is 11.5 Å². The van der Waals surface area contributed by atoms with Crippen molar-refractivity contribution in [1.29, 1.82) is 0 Å². The second kappa shape index (κ2) is 10.1. The quantitative estimate of drug-likeness (QED) is 0.354. The van der Waals surface area contributed by atoms with Crippen LogP contribution in [0.2, 0.25) is 0 Å². The number of sulfone groups is 1. The minimum absolute atomic E-state index is 0.0937. The Labute approximate surface area is 225 Å². The summed E-state index contributed by atoms with van der Waals surface area (Å²) in [5, 5.41) is 0.547. The first-order chi connectivity index (χ1) is 18.4. The molecule has 0 spiro atoms. The molecule has 0 N–H and O–H groups in total. The Hall–Kier alpha value is -3.31. The monoisotopic (exact) mass is 549 g/mol. The zero-order valence-electron chi connectivity index (χ0n) is 20.9. The highest BCUT2D eigenvalue weighted by molar-refractivity contribution is 7.90. The number of carbonyl (C=O) groups is 1. The van der Waals surface area contributed by atoms with Gasteiger partial charge in [0.05, 0.1) is 34.2 Å². The van der Waals surface area contributed by atoms with Crippen molar-refractivity contribution in [3.8, 4) is 11.5 Å². The molecule has 0 aliphatic carbocycles. The Morgan fingerprint density at radius 3 is 2.34 bits per heavy atom. The van der Waals surface area contributed by atoms with Gasteiger partial charge in [-0.25, -0.2) is 13.4 Å². The molecule has 6 rings (SSSR count). The van der Waals surface area contributed by atoms with Crippen LogP contribution >= 0.6 is 11.3 Å². The largest absolute Gasteiger partial charge is 0.457 e. The summed E-state index contributed by atoms with van der Waals surface area (Å²) in [5.41, 5.74) is 2.29. The Balaban J connectivity index is 1.42. The molecule has 4 aromatic rings. The van der Waals surface area contributed by atoms with Crippen molar-refractivity contribution >= 4 is 42.4 Å². The van der Waals surface area contributed by atoms with Crippen molar-refractivity contribution in [2.75, 3.05) is 50.5 Å². The number of nitrogens with zero attached hydrogens (tertiary/aromatic N) is 3. The molecule has 1 aromatic heterocycles. The van der Waals surface area contributed by atoms with Gasteiger partial charge in [-0.05, 0) is 30.3 Å². The summed E-state index contributed by atoms with van der Waals surface area (Å²) < 4.78 is 36.6. The number of benzene rings is 3. The smallest absolute Gasteiger partial charge is 0.241 e. The molecular formula is C28H27N3O5S2. The molecule has 0 saturated carbocycles. The van der Waals surface area contributed by atoms with Gasteiger partial charge in [0, 0.05) is 43.6 Å². The number of hydrogen-bond donors (Lipinski definition) is 0. The van der Waals surface area contributed by atoms with Crippen LogP contribution in [0.4, 0.5) is 5.13 Å². The van der Waals surface area contributed by atoms with Gasteiger partial charge in [-0.15, -0.1) is 0 Å². The number of hydrogen-bond acceptors (Lipinski definition) is 8. The molecule has 0 bridgehead atoms. The lowest BCUT2D eigenvalue weighted by Crippen LogP contribution is -2.44. The summed E-state index contributed by atoms with van der Waals surface area (Å²) >= 11 is 1.33. The van der Waals surface area contributed by atoms with Gasteiger partial charge >= 0.3 is 0 Å². The van der Waals surface area contributed by atoms with Gasteiger partial charge in [-0.3, -0.25) is 14.6 Å². The number of anilines is 1. The molecule has 8 nitrogen and oxygen atoms in total. The fourth-order valence-corrected chi connectivity index (χ4v) is 6.70. The van der Waals surface area contributed by atoms with Crippen molar-refractivity contribution in [3.63, 3.8) is 0 Å². The molecule has 0 unspecified atom stereocenters. The number of thiazole rings is 1. The summed E-state index contributed by atoms with van der Waals surface area (Å²) in [5.74, 6) is 0.683. The van der Waals surface area contributed by atoms with E-state index in [0.717, 1.165) is 28.9 Å². The zero-order valence-corrected chi connectivity index (χ0v) is 22.5. The Morgan fingerprint density at radius 2 is 1.68 bits per heavy atom. The number of aromatic nitrogens is 1. The van der Waals surface area contributed by atoms with Gasteiger partial charge in [-0.1, -0.05) is 47.7 Å². The van der Waals surface area contributed by atoms with E-state index in [2.05, 4.69) is 4.90 Å². The Kier molecular flexibility index (Phi) is 6.65. The van der Waals surface area contributed by atoms with E-state index in [-0.39, 0.29) is 10.8 Å². The van der Waals surface area contributed by atoms with Gasteiger partial charge < -0.3 is 9.47 Å². The van der Waals surface area contributed by atoms with Crippen LogP contribution in [0.1, 0.15) is 17.0 Å². The number of rotatable bonds is 6. The molecule has 0 radical (unpaired) electrons. The van der Waals surface area contributed by atoms with Gasteiger partial charge in [0.25, 0.3) is 0 Å². The molecular weight excluding hydrogens is 522 g/mol. The molecule has 3 heterocycles. The van der Waals surface area contributed by atoms with Gasteiger partial charge in [0.15, 0.2) is 15.0 Å². The van der Waals surface area contributed by atoms with Crippen LogP contribution in [0.25, 0.3) is 10.2 Å². The molecule has 2 aliphatic rings. The number of fused-ring (bicyclic) bond motifs is 3. The fraction of sp³-hybridized carbons (Fsp3) is 0.286. The van der Waals surface area contributed by atoms with E-state index in [1.165, 1.54) is 17.6 Å². The van der Waals surface area contributed by atoms with Gasteiger partial charge in [0.2, 0.25) is 5.91 Å². The van der Waals surface area contributed by atoms with Crippen LogP contribution < -0.4 is 9.64 Å². The molecule has 38 heavy (non-hydrogen) atoms. The van der Waals surface area contributed by atoms with Crippen LogP contribution in [0, 0.1) is 0 Å². The number of amides is 1. The number of ether oxygens (including phenoxy) is 2. The van der Waals surface area contributed by atoms with Gasteiger partial charge in [-0.2, -0.15) is 0 Å². The van der Waals surface area contributed by atoms with Crippen molar-refractivity contribution in [1.82, 2.24) is 9.88 Å². The summed E-state index contributed by atoms with van der Waals surface area (Å²) in [4.78, 5) is 23.6. The molecule has 10 heteroatoms. The molecule has 1 amide bonds. The van der Waals surface area contributed by atoms with E-state index in [9.17, 15) is 13.2 Å². The van der Waals surface area contributed by atoms with Crippen LogP contribution in [0.3, 0.4) is 0 Å². The van der Waals surface area contributed by atoms with Crippen molar-refractivity contribution in [2.45, 2.75) is 10.8 Å². The highest BCUT2D eigenvalue weighted by Gasteiger charge is 2.36. The molecule has 3 aromatic carbocycles. The average molecular weight is 550 g/mol. The molecule has 196 valence electrons. The highest BCUT2D eigenvalue weighted by Crippen LogP contribution is 2.45. The highest BCUT2D eigenvalue weighted by atomic mass is 32.2. The maximum absolute atomic E-state index is 14.5. The Morgan fingerprint density at radius 1 is 1.03 bits per heavy atom. The minimum atomic E-state index is -3.36.